The summed E-state index contributed by atoms with van der Waals surface area (Å²) < 4.78 is 45.1. The summed E-state index contributed by atoms with van der Waals surface area (Å²) in [5, 5.41) is 0. The van der Waals surface area contributed by atoms with Gasteiger partial charge >= 0.3 is 6.18 Å². The van der Waals surface area contributed by atoms with Gasteiger partial charge in [0.2, 0.25) is 5.88 Å². The molecule has 2 fully saturated rings. The molecule has 0 spiro atoms. The predicted molar refractivity (Wildman–Crippen MR) is 81.9 cm³/mol. The quantitative estimate of drug-likeness (QED) is 0.835. The van der Waals surface area contributed by atoms with E-state index < -0.39 is 18.1 Å². The van der Waals surface area contributed by atoms with Crippen molar-refractivity contribution in [2.45, 2.75) is 63.3 Å². The average molecular weight is 342 g/mol. The van der Waals surface area contributed by atoms with Crippen LogP contribution in [0.2, 0.25) is 0 Å². The van der Waals surface area contributed by atoms with Crippen LogP contribution in [0.4, 0.5) is 13.2 Å². The Morgan fingerprint density at radius 3 is 2.46 bits per heavy atom. The number of ether oxygens (including phenoxy) is 1. The number of alkyl halides is 3. The zero-order valence-electron chi connectivity index (χ0n) is 13.4. The van der Waals surface area contributed by atoms with Crippen molar-refractivity contribution in [1.29, 1.82) is 0 Å². The van der Waals surface area contributed by atoms with Gasteiger partial charge in [-0.05, 0) is 51.0 Å². The van der Waals surface area contributed by atoms with Crippen molar-refractivity contribution >= 4 is 5.91 Å². The molecule has 132 valence electrons. The lowest BCUT2D eigenvalue weighted by Crippen LogP contribution is -2.51. The van der Waals surface area contributed by atoms with Gasteiger partial charge in [-0.15, -0.1) is 0 Å². The van der Waals surface area contributed by atoms with E-state index in [1.165, 1.54) is 12.3 Å². The van der Waals surface area contributed by atoms with Gasteiger partial charge in [0, 0.05) is 18.8 Å². The maximum Gasteiger partial charge on any atom is 0.408 e. The van der Waals surface area contributed by atoms with Crippen molar-refractivity contribution in [2.75, 3.05) is 6.54 Å². The standard InChI is InChI=1S/C17H21F3N2O2/c18-17(19,20)14-7-3-4-10-22(14)16(23)12-8-9-15(21-11-12)24-13-5-1-2-6-13/h8-9,11,13-14H,1-7,10H2. The summed E-state index contributed by atoms with van der Waals surface area (Å²) in [5.41, 5.74) is 0.171. The van der Waals surface area contributed by atoms with E-state index in [0.717, 1.165) is 30.6 Å². The molecule has 0 aromatic carbocycles. The molecular formula is C17H21F3N2O2. The molecule has 1 amide bonds. The summed E-state index contributed by atoms with van der Waals surface area (Å²) in [6, 6.07) is 1.37. The maximum atomic E-state index is 13.1. The number of nitrogens with zero attached hydrogens (tertiary/aromatic N) is 2. The number of aromatic nitrogens is 1. The number of amides is 1. The van der Waals surface area contributed by atoms with Gasteiger partial charge in [-0.1, -0.05) is 0 Å². The molecule has 1 atom stereocenters. The normalized spacial score (nSPS) is 22.6. The van der Waals surface area contributed by atoms with Crippen LogP contribution >= 0.6 is 0 Å². The Morgan fingerprint density at radius 2 is 1.83 bits per heavy atom. The highest BCUT2D eigenvalue weighted by atomic mass is 19.4. The van der Waals surface area contributed by atoms with E-state index in [0.29, 0.717) is 18.7 Å². The van der Waals surface area contributed by atoms with Crippen molar-refractivity contribution in [3.63, 3.8) is 0 Å². The molecule has 2 heterocycles. The van der Waals surface area contributed by atoms with E-state index in [1.807, 2.05) is 0 Å². The van der Waals surface area contributed by atoms with E-state index in [4.69, 9.17) is 4.74 Å². The molecule has 0 radical (unpaired) electrons. The minimum Gasteiger partial charge on any atom is -0.474 e. The van der Waals surface area contributed by atoms with Gasteiger partial charge in [-0.25, -0.2) is 4.98 Å². The van der Waals surface area contributed by atoms with Crippen molar-refractivity contribution in [3.05, 3.63) is 23.9 Å². The highest BCUT2D eigenvalue weighted by Gasteiger charge is 2.46. The Hall–Kier alpha value is -1.79. The maximum absolute atomic E-state index is 13.1. The lowest BCUT2D eigenvalue weighted by molar-refractivity contribution is -0.183. The molecule has 1 saturated heterocycles. The van der Waals surface area contributed by atoms with Crippen molar-refractivity contribution in [1.82, 2.24) is 9.88 Å². The molecule has 24 heavy (non-hydrogen) atoms. The third-order valence-electron chi connectivity index (χ3n) is 4.71. The first-order valence-electron chi connectivity index (χ1n) is 8.45. The molecule has 1 saturated carbocycles. The molecule has 1 aliphatic heterocycles. The highest BCUT2D eigenvalue weighted by Crippen LogP contribution is 2.33. The van der Waals surface area contributed by atoms with E-state index in [2.05, 4.69) is 4.98 Å². The van der Waals surface area contributed by atoms with Gasteiger partial charge in [-0.2, -0.15) is 13.2 Å². The number of carbonyl (C=O) groups excluding carboxylic acids is 1. The Bertz CT molecular complexity index is 568. The molecule has 4 nitrogen and oxygen atoms in total. The molecule has 2 aliphatic rings. The molecule has 0 bridgehead atoms. The van der Waals surface area contributed by atoms with Crippen LogP contribution in [0.5, 0.6) is 5.88 Å². The number of likely N-dealkylation sites (tertiary alicyclic amines) is 1. The molecule has 1 aromatic heterocycles. The topological polar surface area (TPSA) is 42.4 Å². The third-order valence-corrected chi connectivity index (χ3v) is 4.71. The van der Waals surface area contributed by atoms with Gasteiger partial charge in [0.25, 0.3) is 5.91 Å². The van der Waals surface area contributed by atoms with Crippen LogP contribution in [0.3, 0.4) is 0 Å². The first-order chi connectivity index (χ1) is 11.4. The van der Waals surface area contributed by atoms with E-state index in [1.54, 1.807) is 6.07 Å². The van der Waals surface area contributed by atoms with E-state index in [-0.39, 0.29) is 24.6 Å². The van der Waals surface area contributed by atoms with Crippen LogP contribution in [0.1, 0.15) is 55.3 Å². The number of hydrogen-bond donors (Lipinski definition) is 0. The van der Waals surface area contributed by atoms with Crippen LogP contribution in [0.15, 0.2) is 18.3 Å². The molecule has 3 rings (SSSR count). The lowest BCUT2D eigenvalue weighted by atomic mass is 10.0. The SMILES string of the molecule is O=C(c1ccc(OC2CCCC2)nc1)N1CCCCC1C(F)(F)F. The number of rotatable bonds is 3. The summed E-state index contributed by atoms with van der Waals surface area (Å²) in [6.45, 7) is 0.128. The van der Waals surface area contributed by atoms with Gasteiger partial charge in [0.05, 0.1) is 5.56 Å². The average Bonchev–Trinajstić information content (AvgIpc) is 3.07. The van der Waals surface area contributed by atoms with Crippen LogP contribution in [0, 0.1) is 0 Å². The molecule has 1 aromatic rings. The van der Waals surface area contributed by atoms with Crippen LogP contribution in [0.25, 0.3) is 0 Å². The fourth-order valence-corrected chi connectivity index (χ4v) is 3.43. The zero-order chi connectivity index (χ0) is 17.2. The van der Waals surface area contributed by atoms with Crippen molar-refractivity contribution in [3.8, 4) is 5.88 Å². The number of halogens is 3. The summed E-state index contributed by atoms with van der Waals surface area (Å²) in [5.74, 6) is -0.193. The Kier molecular flexibility index (Phi) is 4.96. The molecule has 1 aliphatic carbocycles. The Labute approximate surface area is 139 Å². The van der Waals surface area contributed by atoms with E-state index >= 15 is 0 Å². The lowest BCUT2D eigenvalue weighted by Gasteiger charge is -2.36. The zero-order valence-corrected chi connectivity index (χ0v) is 13.4. The summed E-state index contributed by atoms with van der Waals surface area (Å²) in [6.07, 6.45) is 2.36. The minimum atomic E-state index is -4.39. The monoisotopic (exact) mass is 342 g/mol. The fourth-order valence-electron chi connectivity index (χ4n) is 3.43. The fraction of sp³-hybridized carbons (Fsp3) is 0.647. The predicted octanol–water partition coefficient (Wildman–Crippen LogP) is 3.96. The Morgan fingerprint density at radius 1 is 1.12 bits per heavy atom. The number of carbonyl (C=O) groups is 1. The number of hydrogen-bond acceptors (Lipinski definition) is 3. The molecular weight excluding hydrogens is 321 g/mol. The first kappa shape index (κ1) is 17.0. The van der Waals surface area contributed by atoms with Crippen molar-refractivity contribution < 1.29 is 22.7 Å². The minimum absolute atomic E-state index is 0.0362. The van der Waals surface area contributed by atoms with Crippen LogP contribution in [-0.2, 0) is 0 Å². The number of piperidine rings is 1. The third kappa shape index (κ3) is 3.82. The smallest absolute Gasteiger partial charge is 0.408 e. The first-order valence-corrected chi connectivity index (χ1v) is 8.45. The molecule has 0 N–H and O–H groups in total. The van der Waals surface area contributed by atoms with Gasteiger partial charge in [-0.3, -0.25) is 4.79 Å². The molecule has 7 heteroatoms. The number of pyridine rings is 1. The Balaban J connectivity index is 1.69. The second kappa shape index (κ2) is 6.99. The second-order valence-electron chi connectivity index (χ2n) is 6.46. The second-order valence-corrected chi connectivity index (χ2v) is 6.46. The highest BCUT2D eigenvalue weighted by molar-refractivity contribution is 5.94. The van der Waals surface area contributed by atoms with Crippen LogP contribution < -0.4 is 4.74 Å². The van der Waals surface area contributed by atoms with Crippen LogP contribution in [-0.4, -0.2) is 40.7 Å². The van der Waals surface area contributed by atoms with Gasteiger partial charge < -0.3 is 9.64 Å². The van der Waals surface area contributed by atoms with Gasteiger partial charge in [0.15, 0.2) is 0 Å². The summed E-state index contributed by atoms with van der Waals surface area (Å²) >= 11 is 0. The van der Waals surface area contributed by atoms with Gasteiger partial charge in [0.1, 0.15) is 12.1 Å². The summed E-state index contributed by atoms with van der Waals surface area (Å²) in [4.78, 5) is 17.5. The largest absolute Gasteiger partial charge is 0.474 e. The van der Waals surface area contributed by atoms with E-state index in [9.17, 15) is 18.0 Å². The summed E-state index contributed by atoms with van der Waals surface area (Å²) in [7, 11) is 0. The van der Waals surface area contributed by atoms with Crippen molar-refractivity contribution in [2.24, 2.45) is 0 Å². The molecule has 1 unspecified atom stereocenters.